The molecule has 1 aromatic heterocycles. The number of furan rings is 1. The maximum absolute atomic E-state index is 6.28. The average Bonchev–Trinajstić information content (AvgIpc) is 3.44. The van der Waals surface area contributed by atoms with Gasteiger partial charge in [0.1, 0.15) is 11.3 Å². The van der Waals surface area contributed by atoms with Crippen molar-refractivity contribution in [2.75, 3.05) is 0 Å². The molecule has 0 bridgehead atoms. The van der Waals surface area contributed by atoms with E-state index in [0.717, 1.165) is 53.3 Å². The van der Waals surface area contributed by atoms with Gasteiger partial charge in [-0.05, 0) is 115 Å². The Balaban J connectivity index is 1.22. The lowest BCUT2D eigenvalue weighted by atomic mass is 9.47. The van der Waals surface area contributed by atoms with E-state index in [0.29, 0.717) is 10.8 Å². The molecule has 0 radical (unpaired) electrons. The van der Waals surface area contributed by atoms with Crippen molar-refractivity contribution >= 4 is 16.5 Å². The van der Waals surface area contributed by atoms with Crippen LogP contribution >= 0.6 is 0 Å². The van der Waals surface area contributed by atoms with Crippen LogP contribution < -0.4 is 0 Å². The molecule has 0 saturated heterocycles. The van der Waals surface area contributed by atoms with Crippen molar-refractivity contribution in [3.63, 3.8) is 0 Å². The first-order valence-electron chi connectivity index (χ1n) is 15.2. The Morgan fingerprint density at radius 3 is 2.61 bits per heavy atom. The third kappa shape index (κ3) is 3.95. The maximum Gasteiger partial charge on any atom is 0.134 e. The highest BCUT2D eigenvalue weighted by Gasteiger charge is 2.58. The Kier molecular flexibility index (Phi) is 6.29. The molecule has 7 unspecified atom stereocenters. The highest BCUT2D eigenvalue weighted by atomic mass is 16.3. The van der Waals surface area contributed by atoms with Gasteiger partial charge in [-0.25, -0.2) is 0 Å². The van der Waals surface area contributed by atoms with E-state index in [2.05, 4.69) is 77.1 Å². The molecule has 7 atom stereocenters. The van der Waals surface area contributed by atoms with Gasteiger partial charge in [0.2, 0.25) is 0 Å². The Morgan fingerprint density at radius 1 is 0.972 bits per heavy atom. The number of rotatable bonds is 6. The standard InChI is InChI=1S/C35H48O/c1-23(2)9-8-10-24(3)29-15-16-30-28-14-13-27-21-26(33-22-25-11-6-7-12-32(25)36-33)17-19-34(27,4)31(28)18-20-35(29,30)5/h6-7,11-13,21-24,28-31H,8-10,14-20H2,1-5H3. The molecule has 36 heavy (non-hydrogen) atoms. The number of benzene rings is 1. The molecule has 1 heteroatoms. The molecule has 4 aliphatic carbocycles. The highest BCUT2D eigenvalue weighted by Crippen LogP contribution is 2.67. The average molecular weight is 485 g/mol. The smallest absolute Gasteiger partial charge is 0.134 e. The highest BCUT2D eigenvalue weighted by molar-refractivity contribution is 5.82. The van der Waals surface area contributed by atoms with E-state index in [9.17, 15) is 0 Å². The van der Waals surface area contributed by atoms with Crippen LogP contribution in [0.15, 0.2) is 52.5 Å². The number of fused-ring (bicyclic) bond motifs is 6. The summed E-state index contributed by atoms with van der Waals surface area (Å²) in [6, 6.07) is 10.7. The SMILES string of the molecule is CC(C)CCCC(C)C1CCC2C3CC=C4C=C(c5cc6ccccc6o5)CCC4(C)C3CCC12C. The predicted octanol–water partition coefficient (Wildman–Crippen LogP) is 10.5. The topological polar surface area (TPSA) is 13.1 Å². The van der Waals surface area contributed by atoms with Crippen LogP contribution in [0.4, 0.5) is 0 Å². The van der Waals surface area contributed by atoms with Crippen molar-refractivity contribution in [2.24, 2.45) is 46.3 Å². The van der Waals surface area contributed by atoms with E-state index in [1.807, 2.05) is 0 Å². The van der Waals surface area contributed by atoms with Gasteiger partial charge >= 0.3 is 0 Å². The molecule has 194 valence electrons. The summed E-state index contributed by atoms with van der Waals surface area (Å²) in [5.74, 6) is 6.46. The third-order valence-corrected chi connectivity index (χ3v) is 11.7. The zero-order valence-electron chi connectivity index (χ0n) is 23.5. The fourth-order valence-electron chi connectivity index (χ4n) is 9.68. The molecule has 1 nitrogen and oxygen atoms in total. The molecule has 2 aromatic rings. The molecule has 4 aliphatic rings. The first-order valence-corrected chi connectivity index (χ1v) is 15.2. The van der Waals surface area contributed by atoms with Crippen LogP contribution in [0.5, 0.6) is 0 Å². The van der Waals surface area contributed by atoms with E-state index in [1.165, 1.54) is 68.7 Å². The second-order valence-electron chi connectivity index (χ2n) is 14.0. The van der Waals surface area contributed by atoms with Crippen LogP contribution in [0.1, 0.15) is 105 Å². The quantitative estimate of drug-likeness (QED) is 0.397. The van der Waals surface area contributed by atoms with Crippen LogP contribution in [-0.4, -0.2) is 0 Å². The van der Waals surface area contributed by atoms with Crippen molar-refractivity contribution < 1.29 is 4.42 Å². The lowest BCUT2D eigenvalue weighted by molar-refractivity contribution is -0.0449. The normalized spacial score (nSPS) is 36.7. The summed E-state index contributed by atoms with van der Waals surface area (Å²) in [6.07, 6.45) is 19.0. The second-order valence-corrected chi connectivity index (χ2v) is 14.0. The van der Waals surface area contributed by atoms with Gasteiger partial charge in [-0.3, -0.25) is 0 Å². The summed E-state index contributed by atoms with van der Waals surface area (Å²) in [5, 5.41) is 1.22. The molecule has 6 rings (SSSR count). The number of para-hydroxylation sites is 1. The van der Waals surface area contributed by atoms with Gasteiger partial charge in [-0.15, -0.1) is 0 Å². The van der Waals surface area contributed by atoms with Crippen LogP contribution in [0.2, 0.25) is 0 Å². The number of allylic oxidation sites excluding steroid dienone is 4. The van der Waals surface area contributed by atoms with Crippen molar-refractivity contribution in [1.29, 1.82) is 0 Å². The van der Waals surface area contributed by atoms with Gasteiger partial charge in [0, 0.05) is 5.39 Å². The molecular weight excluding hydrogens is 436 g/mol. The lowest BCUT2D eigenvalue weighted by Gasteiger charge is -2.57. The summed E-state index contributed by atoms with van der Waals surface area (Å²) in [7, 11) is 0. The fraction of sp³-hybridized carbons (Fsp3) is 0.657. The largest absolute Gasteiger partial charge is 0.456 e. The summed E-state index contributed by atoms with van der Waals surface area (Å²) < 4.78 is 6.28. The Bertz CT molecular complexity index is 1130. The van der Waals surface area contributed by atoms with Crippen LogP contribution in [-0.2, 0) is 0 Å². The van der Waals surface area contributed by atoms with Crippen molar-refractivity contribution in [3.05, 3.63) is 53.8 Å². The van der Waals surface area contributed by atoms with Gasteiger partial charge in [0.15, 0.2) is 0 Å². The fourth-order valence-corrected chi connectivity index (χ4v) is 9.68. The summed E-state index contributed by atoms with van der Waals surface area (Å²) in [6.45, 7) is 12.7. The maximum atomic E-state index is 6.28. The Morgan fingerprint density at radius 2 is 1.81 bits per heavy atom. The molecule has 2 fully saturated rings. The van der Waals surface area contributed by atoms with Crippen molar-refractivity contribution in [1.82, 2.24) is 0 Å². The minimum absolute atomic E-state index is 0.348. The van der Waals surface area contributed by atoms with Crippen LogP contribution in [0, 0.1) is 46.3 Å². The molecule has 2 saturated carbocycles. The van der Waals surface area contributed by atoms with Gasteiger partial charge < -0.3 is 4.42 Å². The monoisotopic (exact) mass is 484 g/mol. The molecule has 0 N–H and O–H groups in total. The number of hydrogen-bond acceptors (Lipinski definition) is 1. The van der Waals surface area contributed by atoms with Crippen LogP contribution in [0.25, 0.3) is 16.5 Å². The summed E-state index contributed by atoms with van der Waals surface area (Å²) in [4.78, 5) is 0. The van der Waals surface area contributed by atoms with Crippen LogP contribution in [0.3, 0.4) is 0 Å². The van der Waals surface area contributed by atoms with Gasteiger partial charge in [-0.2, -0.15) is 0 Å². The molecular formula is C35H48O. The van der Waals surface area contributed by atoms with Gasteiger partial charge in [-0.1, -0.05) is 84.2 Å². The Labute approximate surface area is 219 Å². The second kappa shape index (κ2) is 9.21. The minimum Gasteiger partial charge on any atom is -0.456 e. The molecule has 0 spiro atoms. The van der Waals surface area contributed by atoms with E-state index in [4.69, 9.17) is 4.42 Å². The van der Waals surface area contributed by atoms with Crippen molar-refractivity contribution in [2.45, 2.75) is 98.8 Å². The molecule has 1 heterocycles. The van der Waals surface area contributed by atoms with E-state index in [-0.39, 0.29) is 0 Å². The van der Waals surface area contributed by atoms with E-state index in [1.54, 1.807) is 5.57 Å². The lowest BCUT2D eigenvalue weighted by Crippen LogP contribution is -2.49. The molecule has 1 aromatic carbocycles. The third-order valence-electron chi connectivity index (χ3n) is 11.7. The van der Waals surface area contributed by atoms with E-state index < -0.39 is 0 Å². The van der Waals surface area contributed by atoms with Gasteiger partial charge in [0.05, 0.1) is 0 Å². The summed E-state index contributed by atoms with van der Waals surface area (Å²) in [5.41, 5.74) is 4.96. The van der Waals surface area contributed by atoms with Gasteiger partial charge in [0.25, 0.3) is 0 Å². The Hall–Kier alpha value is -1.76. The first-order chi connectivity index (χ1) is 17.3. The zero-order valence-corrected chi connectivity index (χ0v) is 23.5. The summed E-state index contributed by atoms with van der Waals surface area (Å²) >= 11 is 0. The number of hydrogen-bond donors (Lipinski definition) is 0. The van der Waals surface area contributed by atoms with E-state index >= 15 is 0 Å². The zero-order chi connectivity index (χ0) is 25.1. The predicted molar refractivity (Wildman–Crippen MR) is 153 cm³/mol. The van der Waals surface area contributed by atoms with Crippen molar-refractivity contribution in [3.8, 4) is 0 Å². The first kappa shape index (κ1) is 24.6. The molecule has 0 aliphatic heterocycles. The minimum atomic E-state index is 0.348. The molecule has 0 amide bonds.